The molecule has 6 heteroatoms. The van der Waals surface area contributed by atoms with E-state index in [1.54, 1.807) is 10.4 Å². The van der Waals surface area contributed by atoms with Crippen molar-refractivity contribution in [3.8, 4) is 0 Å². The fourth-order valence-electron chi connectivity index (χ4n) is 2.81. The van der Waals surface area contributed by atoms with Crippen LogP contribution in [0.2, 0.25) is 0 Å². The van der Waals surface area contributed by atoms with Crippen molar-refractivity contribution in [2.45, 2.75) is 49.3 Å². The zero-order chi connectivity index (χ0) is 14.9. The summed E-state index contributed by atoms with van der Waals surface area (Å²) in [5.41, 5.74) is 0. The van der Waals surface area contributed by atoms with Crippen LogP contribution in [0.5, 0.6) is 0 Å². The topological polar surface area (TPSA) is 49.4 Å². The van der Waals surface area contributed by atoms with Gasteiger partial charge in [0.2, 0.25) is 0 Å². The number of thiophene rings is 1. The normalized spacial score (nSPS) is 24.3. The number of hydrogen-bond acceptors (Lipinski definition) is 4. The third-order valence-corrected chi connectivity index (χ3v) is 7.71. The molecular weight excluding hydrogens is 304 g/mol. The van der Waals surface area contributed by atoms with Gasteiger partial charge in [-0.1, -0.05) is 6.92 Å². The maximum atomic E-state index is 12.7. The Morgan fingerprint density at radius 3 is 2.86 bits per heavy atom. The van der Waals surface area contributed by atoms with Crippen molar-refractivity contribution in [1.29, 1.82) is 0 Å². The van der Waals surface area contributed by atoms with E-state index in [0.29, 0.717) is 29.3 Å². The van der Waals surface area contributed by atoms with Gasteiger partial charge in [0.15, 0.2) is 0 Å². The maximum Gasteiger partial charge on any atom is 0.252 e. The molecule has 1 aliphatic heterocycles. The zero-order valence-corrected chi connectivity index (χ0v) is 14.2. The van der Waals surface area contributed by atoms with Crippen LogP contribution in [0, 0.1) is 5.92 Å². The molecule has 1 saturated heterocycles. The Morgan fingerprint density at radius 1 is 1.33 bits per heavy atom. The molecule has 0 aromatic carbocycles. The van der Waals surface area contributed by atoms with E-state index in [1.165, 1.54) is 24.2 Å². The third kappa shape index (κ3) is 3.86. The van der Waals surface area contributed by atoms with Gasteiger partial charge in [-0.15, -0.1) is 11.3 Å². The second-order valence-electron chi connectivity index (χ2n) is 6.31. The lowest BCUT2D eigenvalue weighted by Crippen LogP contribution is -2.38. The molecule has 2 aliphatic rings. The molecule has 1 aromatic rings. The molecule has 1 atom stereocenters. The quantitative estimate of drug-likeness (QED) is 0.873. The van der Waals surface area contributed by atoms with Crippen LogP contribution in [0.1, 0.15) is 37.5 Å². The lowest BCUT2D eigenvalue weighted by Gasteiger charge is -2.29. The second kappa shape index (κ2) is 6.36. The van der Waals surface area contributed by atoms with Gasteiger partial charge in [-0.05, 0) is 50.2 Å². The summed E-state index contributed by atoms with van der Waals surface area (Å²) in [6.07, 6.45) is 5.61. The summed E-state index contributed by atoms with van der Waals surface area (Å²) in [5, 5.41) is 3.47. The van der Waals surface area contributed by atoms with Gasteiger partial charge < -0.3 is 5.32 Å². The molecule has 0 bridgehead atoms. The molecule has 3 rings (SSSR count). The Bertz CT molecular complexity index is 578. The highest BCUT2D eigenvalue weighted by molar-refractivity contribution is 7.91. The van der Waals surface area contributed by atoms with Crippen molar-refractivity contribution < 1.29 is 8.42 Å². The van der Waals surface area contributed by atoms with Crippen LogP contribution in [-0.2, 0) is 16.4 Å². The van der Waals surface area contributed by atoms with Gasteiger partial charge in [-0.2, -0.15) is 4.31 Å². The first kappa shape index (κ1) is 15.5. The van der Waals surface area contributed by atoms with E-state index in [4.69, 9.17) is 0 Å². The van der Waals surface area contributed by atoms with Gasteiger partial charge in [0, 0.05) is 30.6 Å². The van der Waals surface area contributed by atoms with Crippen molar-refractivity contribution >= 4 is 21.4 Å². The van der Waals surface area contributed by atoms with Crippen molar-refractivity contribution in [2.75, 3.05) is 19.6 Å². The SMILES string of the molecule is CC1CCCN(S(=O)(=O)c2ccc(CCNC3CC3)s2)C1. The van der Waals surface area contributed by atoms with Gasteiger partial charge in [0.25, 0.3) is 10.0 Å². The summed E-state index contributed by atoms with van der Waals surface area (Å²) in [7, 11) is -3.27. The Labute approximate surface area is 131 Å². The van der Waals surface area contributed by atoms with Crippen LogP contribution < -0.4 is 5.32 Å². The van der Waals surface area contributed by atoms with Gasteiger partial charge >= 0.3 is 0 Å². The molecule has 2 heterocycles. The molecule has 1 saturated carbocycles. The van der Waals surface area contributed by atoms with E-state index < -0.39 is 10.0 Å². The van der Waals surface area contributed by atoms with Crippen molar-refractivity contribution in [3.05, 3.63) is 17.0 Å². The predicted octanol–water partition coefficient (Wildman–Crippen LogP) is 2.46. The smallest absolute Gasteiger partial charge is 0.252 e. The highest BCUT2D eigenvalue weighted by Crippen LogP contribution is 2.28. The summed E-state index contributed by atoms with van der Waals surface area (Å²) < 4.78 is 27.5. The number of nitrogens with zero attached hydrogens (tertiary/aromatic N) is 1. The molecule has 21 heavy (non-hydrogen) atoms. The molecule has 118 valence electrons. The van der Waals surface area contributed by atoms with Crippen LogP contribution in [0.3, 0.4) is 0 Å². The van der Waals surface area contributed by atoms with Crippen molar-refractivity contribution in [3.63, 3.8) is 0 Å². The molecule has 1 aromatic heterocycles. The van der Waals surface area contributed by atoms with E-state index in [1.807, 2.05) is 6.07 Å². The lowest BCUT2D eigenvalue weighted by molar-refractivity contribution is 0.281. The number of piperidine rings is 1. The molecule has 0 amide bonds. The minimum absolute atomic E-state index is 0.468. The van der Waals surface area contributed by atoms with Crippen LogP contribution in [-0.4, -0.2) is 38.4 Å². The second-order valence-corrected chi connectivity index (χ2v) is 9.64. The summed E-state index contributed by atoms with van der Waals surface area (Å²) in [5.74, 6) is 0.468. The standard InChI is InChI=1S/C15H24N2O2S2/c1-12-3-2-10-17(11-12)21(18,19)15-7-6-14(20-15)8-9-16-13-4-5-13/h6-7,12-13,16H,2-5,8-11H2,1H3. The van der Waals surface area contributed by atoms with Crippen molar-refractivity contribution in [2.24, 2.45) is 5.92 Å². The van der Waals surface area contributed by atoms with Crippen LogP contribution in [0.15, 0.2) is 16.3 Å². The Balaban J connectivity index is 1.62. The van der Waals surface area contributed by atoms with Gasteiger partial charge in [-0.25, -0.2) is 8.42 Å². The maximum absolute atomic E-state index is 12.7. The average Bonchev–Trinajstić information content (AvgIpc) is 3.14. The number of rotatable bonds is 6. The lowest BCUT2D eigenvalue weighted by atomic mass is 10.0. The van der Waals surface area contributed by atoms with Crippen LogP contribution >= 0.6 is 11.3 Å². The molecule has 1 aliphatic carbocycles. The number of sulfonamides is 1. The molecule has 0 radical (unpaired) electrons. The Kier molecular flexibility index (Phi) is 4.69. The van der Waals surface area contributed by atoms with Crippen molar-refractivity contribution in [1.82, 2.24) is 9.62 Å². The molecule has 1 unspecified atom stereocenters. The summed E-state index contributed by atoms with van der Waals surface area (Å²) in [4.78, 5) is 1.16. The largest absolute Gasteiger partial charge is 0.314 e. The minimum atomic E-state index is -3.27. The molecular formula is C15H24N2O2S2. The molecule has 0 spiro atoms. The summed E-state index contributed by atoms with van der Waals surface area (Å²) in [6.45, 7) is 4.42. The van der Waals surface area contributed by atoms with E-state index in [9.17, 15) is 8.42 Å². The first-order valence-corrected chi connectivity index (χ1v) is 10.1. The minimum Gasteiger partial charge on any atom is -0.314 e. The number of nitrogens with one attached hydrogen (secondary N) is 1. The number of hydrogen-bond donors (Lipinski definition) is 1. The zero-order valence-electron chi connectivity index (χ0n) is 12.5. The molecule has 1 N–H and O–H groups in total. The fourth-order valence-corrected chi connectivity index (χ4v) is 5.92. The fraction of sp³-hybridized carbons (Fsp3) is 0.733. The summed E-state index contributed by atoms with van der Waals surface area (Å²) in [6, 6.07) is 4.47. The Hall–Kier alpha value is -0.430. The third-order valence-electron chi connectivity index (χ3n) is 4.23. The predicted molar refractivity (Wildman–Crippen MR) is 86.2 cm³/mol. The van der Waals surface area contributed by atoms with Gasteiger partial charge in [-0.3, -0.25) is 0 Å². The van der Waals surface area contributed by atoms with Gasteiger partial charge in [0.1, 0.15) is 4.21 Å². The highest BCUT2D eigenvalue weighted by atomic mass is 32.2. The van der Waals surface area contributed by atoms with Crippen LogP contribution in [0.4, 0.5) is 0 Å². The van der Waals surface area contributed by atoms with E-state index in [0.717, 1.165) is 30.7 Å². The molecule has 4 nitrogen and oxygen atoms in total. The van der Waals surface area contributed by atoms with E-state index in [-0.39, 0.29) is 0 Å². The average molecular weight is 329 g/mol. The Morgan fingerprint density at radius 2 is 2.14 bits per heavy atom. The first-order valence-electron chi connectivity index (χ1n) is 7.88. The first-order chi connectivity index (χ1) is 10.1. The molecule has 2 fully saturated rings. The highest BCUT2D eigenvalue weighted by Gasteiger charge is 2.29. The van der Waals surface area contributed by atoms with Crippen LogP contribution in [0.25, 0.3) is 0 Å². The summed E-state index contributed by atoms with van der Waals surface area (Å²) >= 11 is 1.44. The van der Waals surface area contributed by atoms with E-state index in [2.05, 4.69) is 12.2 Å². The monoisotopic (exact) mass is 328 g/mol. The van der Waals surface area contributed by atoms with E-state index >= 15 is 0 Å². The van der Waals surface area contributed by atoms with Gasteiger partial charge in [0.05, 0.1) is 0 Å².